The van der Waals surface area contributed by atoms with E-state index in [0.717, 1.165) is 25.3 Å². The predicted octanol–water partition coefficient (Wildman–Crippen LogP) is 0.546. The number of benzene rings is 1. The summed E-state index contributed by atoms with van der Waals surface area (Å²) in [7, 11) is 2.04. The van der Waals surface area contributed by atoms with E-state index in [9.17, 15) is 10.1 Å². The Morgan fingerprint density at radius 2 is 2.30 bits per heavy atom. The maximum absolute atomic E-state index is 10.8. The van der Waals surface area contributed by atoms with E-state index in [1.54, 1.807) is 12.1 Å². The Labute approximate surface area is 117 Å². The second-order valence-electron chi connectivity index (χ2n) is 4.92. The Morgan fingerprint density at radius 1 is 1.55 bits per heavy atom. The van der Waals surface area contributed by atoms with Crippen LogP contribution in [0.3, 0.4) is 0 Å². The van der Waals surface area contributed by atoms with Gasteiger partial charge in [-0.1, -0.05) is 0 Å². The molecular formula is C13H17N5O2. The number of hydrogen-bond donors (Lipinski definition) is 1. The summed E-state index contributed by atoms with van der Waals surface area (Å²) >= 11 is 0. The Morgan fingerprint density at radius 3 is 2.90 bits per heavy atom. The number of nitriles is 1. The van der Waals surface area contributed by atoms with Crippen molar-refractivity contribution >= 4 is 11.4 Å². The first-order chi connectivity index (χ1) is 9.56. The van der Waals surface area contributed by atoms with Crippen molar-refractivity contribution in [1.82, 2.24) is 4.90 Å². The molecule has 1 aliphatic rings. The van der Waals surface area contributed by atoms with Crippen molar-refractivity contribution < 1.29 is 4.92 Å². The third kappa shape index (κ3) is 2.71. The maximum Gasteiger partial charge on any atom is 0.287 e. The molecule has 20 heavy (non-hydrogen) atoms. The molecule has 106 valence electrons. The number of hydrogen-bond acceptors (Lipinski definition) is 6. The van der Waals surface area contributed by atoms with Gasteiger partial charge in [0.05, 0.1) is 11.0 Å². The summed E-state index contributed by atoms with van der Waals surface area (Å²) in [6, 6.07) is 6.69. The van der Waals surface area contributed by atoms with E-state index in [2.05, 4.69) is 9.80 Å². The van der Waals surface area contributed by atoms with Gasteiger partial charge in [0.1, 0.15) is 11.6 Å². The molecule has 0 bridgehead atoms. The number of nitrogens with two attached hydrogens (primary N) is 1. The van der Waals surface area contributed by atoms with Gasteiger partial charge in [-0.25, -0.2) is 0 Å². The van der Waals surface area contributed by atoms with Crippen LogP contribution < -0.4 is 10.6 Å². The molecule has 2 rings (SSSR count). The zero-order chi connectivity index (χ0) is 14.7. The van der Waals surface area contributed by atoms with E-state index < -0.39 is 4.92 Å². The van der Waals surface area contributed by atoms with Crippen LogP contribution in [0.25, 0.3) is 0 Å². The van der Waals surface area contributed by atoms with Crippen LogP contribution in [0.5, 0.6) is 0 Å². The van der Waals surface area contributed by atoms with E-state index in [1.807, 2.05) is 13.1 Å². The largest absolute Gasteiger partial charge is 0.365 e. The van der Waals surface area contributed by atoms with E-state index in [4.69, 9.17) is 11.0 Å². The van der Waals surface area contributed by atoms with Crippen molar-refractivity contribution in [3.05, 3.63) is 33.9 Å². The summed E-state index contributed by atoms with van der Waals surface area (Å²) in [5.41, 5.74) is 6.54. The number of likely N-dealkylation sites (N-methyl/N-ethyl adjacent to an activating group) is 1. The number of rotatable bonds is 3. The average Bonchev–Trinajstić information content (AvgIpc) is 2.46. The zero-order valence-corrected chi connectivity index (χ0v) is 11.3. The molecule has 0 aromatic heterocycles. The van der Waals surface area contributed by atoms with Gasteiger partial charge in [0.25, 0.3) is 5.69 Å². The van der Waals surface area contributed by atoms with Gasteiger partial charge in [0.15, 0.2) is 0 Å². The highest BCUT2D eigenvalue weighted by Gasteiger charge is 2.25. The summed E-state index contributed by atoms with van der Waals surface area (Å²) in [4.78, 5) is 14.6. The van der Waals surface area contributed by atoms with Gasteiger partial charge >= 0.3 is 0 Å². The number of anilines is 1. The smallest absolute Gasteiger partial charge is 0.287 e. The minimum absolute atomic E-state index is 0.0854. The summed E-state index contributed by atoms with van der Waals surface area (Å²) in [6.07, 6.45) is 0. The fourth-order valence-electron chi connectivity index (χ4n) is 2.50. The van der Waals surface area contributed by atoms with Crippen molar-refractivity contribution in [2.75, 3.05) is 38.1 Å². The lowest BCUT2D eigenvalue weighted by molar-refractivity contribution is -0.385. The normalized spacial score (nSPS) is 19.6. The first kappa shape index (κ1) is 14.2. The molecule has 1 aromatic rings. The minimum Gasteiger partial charge on any atom is -0.365 e. The van der Waals surface area contributed by atoms with Crippen LogP contribution in [0.1, 0.15) is 5.56 Å². The first-order valence-corrected chi connectivity index (χ1v) is 6.40. The Bertz CT molecular complexity index is 554. The molecule has 0 aliphatic carbocycles. The van der Waals surface area contributed by atoms with Gasteiger partial charge in [-0.3, -0.25) is 10.1 Å². The molecule has 7 heteroatoms. The lowest BCUT2D eigenvalue weighted by Gasteiger charge is -2.41. The minimum atomic E-state index is -0.535. The summed E-state index contributed by atoms with van der Waals surface area (Å²) in [5, 5.41) is 19.9. The van der Waals surface area contributed by atoms with Crippen LogP contribution >= 0.6 is 0 Å². The Kier molecular flexibility index (Phi) is 4.17. The topological polar surface area (TPSA) is 99.4 Å². The molecule has 1 fully saturated rings. The quantitative estimate of drug-likeness (QED) is 0.638. The summed E-state index contributed by atoms with van der Waals surface area (Å²) < 4.78 is 0. The molecule has 1 saturated heterocycles. The molecule has 0 spiro atoms. The molecule has 2 N–H and O–H groups in total. The highest BCUT2D eigenvalue weighted by atomic mass is 16.6. The second kappa shape index (κ2) is 5.86. The highest BCUT2D eigenvalue weighted by molar-refractivity contribution is 5.60. The number of nitro groups is 1. The summed E-state index contributed by atoms with van der Waals surface area (Å²) in [5.74, 6) is 0. The lowest BCUT2D eigenvalue weighted by atomic mass is 10.1. The predicted molar refractivity (Wildman–Crippen MR) is 75.5 cm³/mol. The molecular weight excluding hydrogens is 258 g/mol. The van der Waals surface area contributed by atoms with Crippen LogP contribution in [-0.2, 0) is 0 Å². The third-order valence-electron chi connectivity index (χ3n) is 3.59. The highest BCUT2D eigenvalue weighted by Crippen LogP contribution is 2.26. The van der Waals surface area contributed by atoms with Gasteiger partial charge in [0.2, 0.25) is 0 Å². The second-order valence-corrected chi connectivity index (χ2v) is 4.92. The zero-order valence-electron chi connectivity index (χ0n) is 11.3. The molecule has 1 heterocycles. The molecule has 1 unspecified atom stereocenters. The van der Waals surface area contributed by atoms with Gasteiger partial charge in [-0.05, 0) is 19.2 Å². The Hall–Kier alpha value is -2.17. The van der Waals surface area contributed by atoms with Crippen LogP contribution in [0, 0.1) is 21.4 Å². The molecule has 7 nitrogen and oxygen atoms in total. The van der Waals surface area contributed by atoms with Gasteiger partial charge in [0, 0.05) is 37.9 Å². The SMILES string of the molecule is CN1CCN(c2ccc([N+](=O)[O-])c(C#N)c2)C(CN)C1. The van der Waals surface area contributed by atoms with E-state index >= 15 is 0 Å². The van der Waals surface area contributed by atoms with Gasteiger partial charge in [-0.15, -0.1) is 0 Å². The van der Waals surface area contributed by atoms with E-state index in [0.29, 0.717) is 6.54 Å². The Balaban J connectivity index is 2.33. The molecule has 0 saturated carbocycles. The average molecular weight is 275 g/mol. The van der Waals surface area contributed by atoms with Crippen LogP contribution in [0.15, 0.2) is 18.2 Å². The van der Waals surface area contributed by atoms with Crippen LogP contribution in [0.4, 0.5) is 11.4 Å². The van der Waals surface area contributed by atoms with Crippen molar-refractivity contribution in [3.63, 3.8) is 0 Å². The third-order valence-corrected chi connectivity index (χ3v) is 3.59. The first-order valence-electron chi connectivity index (χ1n) is 6.40. The van der Waals surface area contributed by atoms with Gasteiger partial charge < -0.3 is 15.5 Å². The van der Waals surface area contributed by atoms with Crippen molar-refractivity contribution in [2.45, 2.75) is 6.04 Å². The van der Waals surface area contributed by atoms with Crippen LogP contribution in [0.2, 0.25) is 0 Å². The molecule has 0 amide bonds. The fraction of sp³-hybridized carbons (Fsp3) is 0.462. The van der Waals surface area contributed by atoms with Crippen molar-refractivity contribution in [1.29, 1.82) is 5.26 Å². The molecule has 1 aliphatic heterocycles. The van der Waals surface area contributed by atoms with E-state index in [1.165, 1.54) is 6.07 Å². The lowest BCUT2D eigenvalue weighted by Crippen LogP contribution is -2.55. The maximum atomic E-state index is 10.8. The number of piperazine rings is 1. The van der Waals surface area contributed by atoms with Crippen molar-refractivity contribution in [3.8, 4) is 6.07 Å². The molecule has 1 aromatic carbocycles. The molecule has 0 radical (unpaired) electrons. The number of nitro benzene ring substituents is 1. The van der Waals surface area contributed by atoms with Crippen molar-refractivity contribution in [2.24, 2.45) is 5.73 Å². The fourth-order valence-corrected chi connectivity index (χ4v) is 2.50. The molecule has 1 atom stereocenters. The number of nitrogens with zero attached hydrogens (tertiary/aromatic N) is 4. The van der Waals surface area contributed by atoms with Gasteiger partial charge in [-0.2, -0.15) is 5.26 Å². The standard InChI is InChI=1S/C13H17N5O2/c1-16-4-5-17(12(8-15)9-16)11-2-3-13(18(19)20)10(6-11)7-14/h2-3,6,12H,4-5,8-9,15H2,1H3. The van der Waals surface area contributed by atoms with E-state index in [-0.39, 0.29) is 17.3 Å². The van der Waals surface area contributed by atoms with Crippen LogP contribution in [-0.4, -0.2) is 49.1 Å². The monoisotopic (exact) mass is 275 g/mol. The summed E-state index contributed by atoms with van der Waals surface area (Å²) in [6.45, 7) is 3.04.